The molecule has 1 aliphatic carbocycles. The Kier molecular flexibility index (Phi) is 4.05. The van der Waals surface area contributed by atoms with E-state index in [1.807, 2.05) is 18.2 Å². The fourth-order valence-electron chi connectivity index (χ4n) is 1.92. The Balaban J connectivity index is 1.74. The van der Waals surface area contributed by atoms with Gasteiger partial charge in [0.2, 0.25) is 0 Å². The third kappa shape index (κ3) is 3.68. The van der Waals surface area contributed by atoms with Crippen LogP contribution in [0.2, 0.25) is 0 Å². The number of aromatic amines is 1. The zero-order valence-electron chi connectivity index (χ0n) is 10.2. The van der Waals surface area contributed by atoms with Crippen LogP contribution in [0.1, 0.15) is 30.3 Å². The number of benzene rings is 1. The first-order valence-electron chi connectivity index (χ1n) is 6.19. The number of thioether (sulfide) groups is 1. The molecular formula is C14H13BrN2S2. The third-order valence-corrected chi connectivity index (χ3v) is 4.71. The Morgan fingerprint density at radius 3 is 2.95 bits per heavy atom. The van der Waals surface area contributed by atoms with Crippen LogP contribution < -0.4 is 0 Å². The van der Waals surface area contributed by atoms with E-state index < -0.39 is 0 Å². The van der Waals surface area contributed by atoms with Crippen LogP contribution >= 0.6 is 39.9 Å². The van der Waals surface area contributed by atoms with Gasteiger partial charge in [-0.1, -0.05) is 34.2 Å². The molecule has 0 amide bonds. The molecule has 0 bridgehead atoms. The van der Waals surface area contributed by atoms with Crippen LogP contribution in [0.3, 0.4) is 0 Å². The average Bonchev–Trinajstić information content (AvgIpc) is 3.20. The lowest BCUT2D eigenvalue weighted by molar-refractivity contribution is 0.925. The summed E-state index contributed by atoms with van der Waals surface area (Å²) >= 11 is 10.5. The van der Waals surface area contributed by atoms with Gasteiger partial charge in [-0.3, -0.25) is 0 Å². The Labute approximate surface area is 130 Å². The van der Waals surface area contributed by atoms with Crippen molar-refractivity contribution >= 4 is 39.9 Å². The van der Waals surface area contributed by atoms with Crippen LogP contribution in [-0.4, -0.2) is 9.97 Å². The van der Waals surface area contributed by atoms with Gasteiger partial charge in [0.15, 0.2) is 0 Å². The Hall–Kier alpha value is -0.650. The summed E-state index contributed by atoms with van der Waals surface area (Å²) in [5.74, 6) is 2.47. The molecule has 2 aromatic rings. The van der Waals surface area contributed by atoms with Crippen molar-refractivity contribution in [3.63, 3.8) is 0 Å². The predicted octanol–water partition coefficient (Wildman–Crippen LogP) is 5.07. The Bertz CT molecular complexity index is 650. The van der Waals surface area contributed by atoms with Gasteiger partial charge in [0, 0.05) is 15.1 Å². The van der Waals surface area contributed by atoms with Crippen molar-refractivity contribution in [3.05, 3.63) is 51.0 Å². The maximum atomic E-state index is 5.24. The van der Waals surface area contributed by atoms with Crippen molar-refractivity contribution in [1.82, 2.24) is 9.97 Å². The molecule has 1 aliphatic rings. The molecule has 0 spiro atoms. The maximum absolute atomic E-state index is 5.24. The van der Waals surface area contributed by atoms with Gasteiger partial charge in [0.05, 0.1) is 5.75 Å². The van der Waals surface area contributed by atoms with E-state index >= 15 is 0 Å². The topological polar surface area (TPSA) is 28.7 Å². The van der Waals surface area contributed by atoms with Crippen molar-refractivity contribution in [1.29, 1.82) is 0 Å². The van der Waals surface area contributed by atoms with E-state index in [2.05, 4.69) is 38.0 Å². The van der Waals surface area contributed by atoms with Crippen LogP contribution in [-0.2, 0) is 5.75 Å². The highest BCUT2D eigenvalue weighted by atomic mass is 79.9. The second-order valence-electron chi connectivity index (χ2n) is 4.64. The number of aromatic nitrogens is 2. The predicted molar refractivity (Wildman–Crippen MR) is 85.1 cm³/mol. The van der Waals surface area contributed by atoms with Gasteiger partial charge < -0.3 is 4.98 Å². The molecule has 1 fully saturated rings. The van der Waals surface area contributed by atoms with E-state index in [4.69, 9.17) is 12.2 Å². The first kappa shape index (κ1) is 13.3. The highest BCUT2D eigenvalue weighted by molar-refractivity contribution is 9.10. The quantitative estimate of drug-likeness (QED) is 0.614. The second kappa shape index (κ2) is 5.77. The third-order valence-electron chi connectivity index (χ3n) is 3.00. The Morgan fingerprint density at radius 2 is 2.21 bits per heavy atom. The lowest BCUT2D eigenvalue weighted by Crippen LogP contribution is -1.97. The highest BCUT2D eigenvalue weighted by Crippen LogP contribution is 2.39. The van der Waals surface area contributed by atoms with Gasteiger partial charge in [-0.2, -0.15) is 0 Å². The smallest absolute Gasteiger partial charge is 0.130 e. The van der Waals surface area contributed by atoms with E-state index in [0.29, 0.717) is 10.6 Å². The molecule has 0 aliphatic heterocycles. The largest absolute Gasteiger partial charge is 0.346 e. The Morgan fingerprint density at radius 1 is 1.37 bits per heavy atom. The van der Waals surface area contributed by atoms with E-state index in [1.54, 1.807) is 11.8 Å². The maximum Gasteiger partial charge on any atom is 0.130 e. The van der Waals surface area contributed by atoms with Gasteiger partial charge in [0.1, 0.15) is 10.5 Å². The zero-order valence-corrected chi connectivity index (χ0v) is 13.4. The zero-order chi connectivity index (χ0) is 13.2. The van der Waals surface area contributed by atoms with Crippen LogP contribution in [0, 0.1) is 4.64 Å². The number of nitrogens with zero attached hydrogens (tertiary/aromatic N) is 1. The fraction of sp³-hybridized carbons (Fsp3) is 0.286. The van der Waals surface area contributed by atoms with Crippen molar-refractivity contribution in [2.75, 3.05) is 0 Å². The van der Waals surface area contributed by atoms with Crippen LogP contribution in [0.25, 0.3) is 0 Å². The number of hydrogen-bond donors (Lipinski definition) is 1. The molecule has 3 rings (SSSR count). The molecule has 1 aromatic carbocycles. The molecule has 0 atom stereocenters. The molecule has 1 aromatic heterocycles. The van der Waals surface area contributed by atoms with E-state index in [-0.39, 0.29) is 0 Å². The van der Waals surface area contributed by atoms with Gasteiger partial charge >= 0.3 is 0 Å². The summed E-state index contributed by atoms with van der Waals surface area (Å²) in [4.78, 5) is 9.06. The average molecular weight is 353 g/mol. The molecule has 0 unspecified atom stereocenters. The summed E-state index contributed by atoms with van der Waals surface area (Å²) in [6, 6.07) is 10.3. The summed E-state index contributed by atoms with van der Waals surface area (Å²) in [6.07, 6.45) is 2.54. The minimum atomic E-state index is 0.680. The first-order valence-corrected chi connectivity index (χ1v) is 8.38. The molecule has 19 heavy (non-hydrogen) atoms. The highest BCUT2D eigenvalue weighted by Gasteiger charge is 2.24. The van der Waals surface area contributed by atoms with Crippen molar-refractivity contribution in [3.8, 4) is 0 Å². The van der Waals surface area contributed by atoms with E-state index in [9.17, 15) is 0 Å². The van der Waals surface area contributed by atoms with Crippen LogP contribution in [0.15, 0.2) is 39.7 Å². The SMILES string of the molecule is S=c1cc(C2CC2)[nH]c(CSc2cccc(Br)c2)n1. The van der Waals surface area contributed by atoms with Crippen LogP contribution in [0.4, 0.5) is 0 Å². The second-order valence-corrected chi connectivity index (χ2v) is 7.02. The van der Waals surface area contributed by atoms with E-state index in [0.717, 1.165) is 16.0 Å². The molecule has 98 valence electrons. The number of hydrogen-bond acceptors (Lipinski definition) is 3. The summed E-state index contributed by atoms with van der Waals surface area (Å²) < 4.78 is 1.80. The minimum Gasteiger partial charge on any atom is -0.346 e. The summed E-state index contributed by atoms with van der Waals surface area (Å²) in [5.41, 5.74) is 1.25. The minimum absolute atomic E-state index is 0.680. The fourth-order valence-corrected chi connectivity index (χ4v) is 3.53. The molecule has 1 saturated carbocycles. The number of rotatable bonds is 4. The molecule has 0 radical (unpaired) electrons. The molecule has 1 heterocycles. The van der Waals surface area contributed by atoms with Gasteiger partial charge in [0.25, 0.3) is 0 Å². The van der Waals surface area contributed by atoms with Crippen molar-refractivity contribution < 1.29 is 0 Å². The normalized spacial score (nSPS) is 14.6. The number of nitrogens with one attached hydrogen (secondary N) is 1. The van der Waals surface area contributed by atoms with Crippen molar-refractivity contribution in [2.24, 2.45) is 0 Å². The summed E-state index contributed by atoms with van der Waals surface area (Å²) in [5, 5.41) is 0. The number of halogens is 1. The summed E-state index contributed by atoms with van der Waals surface area (Å²) in [6.45, 7) is 0. The van der Waals surface area contributed by atoms with Gasteiger partial charge in [-0.05, 0) is 43.0 Å². The van der Waals surface area contributed by atoms with Gasteiger partial charge in [-0.15, -0.1) is 11.8 Å². The molecule has 0 saturated heterocycles. The molecule has 1 N–H and O–H groups in total. The lowest BCUT2D eigenvalue weighted by Gasteiger charge is -2.05. The number of H-pyrrole nitrogens is 1. The van der Waals surface area contributed by atoms with Crippen molar-refractivity contribution in [2.45, 2.75) is 29.4 Å². The molecule has 5 heteroatoms. The molecule has 2 nitrogen and oxygen atoms in total. The standard InChI is InChI=1S/C14H13BrN2S2/c15-10-2-1-3-11(6-10)19-8-13-16-12(9-4-5-9)7-14(18)17-13/h1-3,6-7,9H,4-5,8H2,(H,16,17,18). The monoisotopic (exact) mass is 352 g/mol. The summed E-state index contributed by atoms with van der Waals surface area (Å²) in [7, 11) is 0. The molecular weight excluding hydrogens is 340 g/mol. The first-order chi connectivity index (χ1) is 9.20. The van der Waals surface area contributed by atoms with E-state index in [1.165, 1.54) is 23.4 Å². The van der Waals surface area contributed by atoms with Crippen LogP contribution in [0.5, 0.6) is 0 Å². The van der Waals surface area contributed by atoms with Gasteiger partial charge in [-0.25, -0.2) is 4.98 Å². The lowest BCUT2D eigenvalue weighted by atomic mass is 10.3.